The van der Waals surface area contributed by atoms with Crippen molar-refractivity contribution >= 4 is 22.9 Å². The molecule has 2 rings (SSSR count). The summed E-state index contributed by atoms with van der Waals surface area (Å²) >= 11 is 5.05. The van der Waals surface area contributed by atoms with E-state index >= 15 is 0 Å². The predicted octanol–water partition coefficient (Wildman–Crippen LogP) is 4.14. The lowest BCUT2D eigenvalue weighted by atomic mass is 9.83. The first kappa shape index (κ1) is 15.3. The Bertz CT molecular complexity index is 410. The molecule has 0 amide bonds. The second-order valence-electron chi connectivity index (χ2n) is 5.83. The minimum absolute atomic E-state index is 0.619. The van der Waals surface area contributed by atoms with Crippen LogP contribution in [0.4, 0.5) is 5.69 Å². The van der Waals surface area contributed by atoms with Gasteiger partial charge in [0.1, 0.15) is 0 Å². The van der Waals surface area contributed by atoms with Crippen LogP contribution in [0.15, 0.2) is 30.3 Å². The highest BCUT2D eigenvalue weighted by atomic mass is 32.1. The van der Waals surface area contributed by atoms with E-state index in [4.69, 9.17) is 18.0 Å². The van der Waals surface area contributed by atoms with Crippen molar-refractivity contribution in [1.29, 1.82) is 0 Å². The summed E-state index contributed by atoms with van der Waals surface area (Å²) in [5.74, 6) is 0.930. The van der Waals surface area contributed by atoms with Crippen molar-refractivity contribution in [3.63, 3.8) is 0 Å². The minimum atomic E-state index is 0.619. The monoisotopic (exact) mass is 290 g/mol. The van der Waals surface area contributed by atoms with Crippen molar-refractivity contribution in [2.24, 2.45) is 11.7 Å². The molecule has 0 aromatic heterocycles. The average molecular weight is 290 g/mol. The van der Waals surface area contributed by atoms with Crippen molar-refractivity contribution in [3.05, 3.63) is 30.3 Å². The smallest absolute Gasteiger partial charge is 0.0745 e. The number of anilines is 1. The molecular formula is C17H26N2S. The summed E-state index contributed by atoms with van der Waals surface area (Å²) in [7, 11) is 0. The third-order valence-electron chi connectivity index (χ3n) is 4.52. The quantitative estimate of drug-likeness (QED) is 0.798. The fraction of sp³-hybridized carbons (Fsp3) is 0.588. The SMILES string of the molecule is CCC1CCC(N(CCC(N)=S)c2ccccc2)CC1. The molecule has 0 saturated heterocycles. The number of hydrogen-bond acceptors (Lipinski definition) is 2. The van der Waals surface area contributed by atoms with E-state index in [2.05, 4.69) is 42.2 Å². The van der Waals surface area contributed by atoms with Crippen LogP contribution in [0, 0.1) is 5.92 Å². The molecule has 0 radical (unpaired) electrons. The van der Waals surface area contributed by atoms with E-state index in [0.29, 0.717) is 11.0 Å². The maximum Gasteiger partial charge on any atom is 0.0745 e. The molecule has 2 nitrogen and oxygen atoms in total. The zero-order valence-electron chi connectivity index (χ0n) is 12.4. The number of rotatable bonds is 6. The molecule has 1 aromatic rings. The van der Waals surface area contributed by atoms with Crippen LogP contribution in [0.1, 0.15) is 45.4 Å². The molecule has 0 atom stereocenters. The van der Waals surface area contributed by atoms with Crippen molar-refractivity contribution in [3.8, 4) is 0 Å². The van der Waals surface area contributed by atoms with Crippen molar-refractivity contribution in [2.45, 2.75) is 51.5 Å². The molecule has 110 valence electrons. The number of hydrogen-bond donors (Lipinski definition) is 1. The normalized spacial score (nSPS) is 22.4. The maximum atomic E-state index is 5.70. The Hall–Kier alpha value is -1.09. The topological polar surface area (TPSA) is 29.3 Å². The van der Waals surface area contributed by atoms with Crippen LogP contribution >= 0.6 is 12.2 Å². The van der Waals surface area contributed by atoms with E-state index in [1.54, 1.807) is 0 Å². The van der Waals surface area contributed by atoms with Gasteiger partial charge < -0.3 is 10.6 Å². The maximum absolute atomic E-state index is 5.70. The summed E-state index contributed by atoms with van der Waals surface area (Å²) in [5, 5.41) is 0. The van der Waals surface area contributed by atoms with Gasteiger partial charge in [0.25, 0.3) is 0 Å². The first-order valence-corrected chi connectivity index (χ1v) is 8.21. The van der Waals surface area contributed by atoms with Gasteiger partial charge in [-0.1, -0.05) is 43.8 Å². The largest absolute Gasteiger partial charge is 0.393 e. The Morgan fingerprint density at radius 2 is 1.85 bits per heavy atom. The van der Waals surface area contributed by atoms with Crippen molar-refractivity contribution < 1.29 is 0 Å². The molecule has 1 saturated carbocycles. The first-order chi connectivity index (χ1) is 9.70. The molecular weight excluding hydrogens is 264 g/mol. The highest BCUT2D eigenvalue weighted by Crippen LogP contribution is 2.32. The fourth-order valence-electron chi connectivity index (χ4n) is 3.24. The Morgan fingerprint density at radius 3 is 2.40 bits per heavy atom. The molecule has 1 aliphatic carbocycles. The lowest BCUT2D eigenvalue weighted by molar-refractivity contribution is 0.309. The van der Waals surface area contributed by atoms with Gasteiger partial charge in [0.15, 0.2) is 0 Å². The molecule has 0 aliphatic heterocycles. The van der Waals surface area contributed by atoms with Gasteiger partial charge in [0.2, 0.25) is 0 Å². The summed E-state index contributed by atoms with van der Waals surface area (Å²) < 4.78 is 0. The Labute approximate surface area is 128 Å². The number of nitrogens with two attached hydrogens (primary N) is 1. The van der Waals surface area contributed by atoms with Crippen LogP contribution in [-0.2, 0) is 0 Å². The molecule has 0 unspecified atom stereocenters. The summed E-state index contributed by atoms with van der Waals surface area (Å²) in [4.78, 5) is 3.14. The van der Waals surface area contributed by atoms with Gasteiger partial charge in [-0.15, -0.1) is 0 Å². The van der Waals surface area contributed by atoms with Gasteiger partial charge in [-0.05, 0) is 43.7 Å². The molecule has 0 heterocycles. The number of nitrogens with zero attached hydrogens (tertiary/aromatic N) is 1. The molecule has 1 aliphatic rings. The van der Waals surface area contributed by atoms with Gasteiger partial charge in [-0.2, -0.15) is 0 Å². The second kappa shape index (κ2) is 7.63. The van der Waals surface area contributed by atoms with E-state index in [1.807, 2.05) is 0 Å². The molecule has 0 spiro atoms. The van der Waals surface area contributed by atoms with Crippen LogP contribution in [0.25, 0.3) is 0 Å². The summed E-state index contributed by atoms with van der Waals surface area (Å²) in [5.41, 5.74) is 7.01. The van der Waals surface area contributed by atoms with Gasteiger partial charge in [-0.25, -0.2) is 0 Å². The fourth-order valence-corrected chi connectivity index (χ4v) is 3.33. The van der Waals surface area contributed by atoms with Crippen LogP contribution in [0.3, 0.4) is 0 Å². The lowest BCUT2D eigenvalue weighted by Gasteiger charge is -2.38. The van der Waals surface area contributed by atoms with Gasteiger partial charge in [0.05, 0.1) is 4.99 Å². The molecule has 2 N–H and O–H groups in total. The number of thiocarbonyl (C=S) groups is 1. The molecule has 1 aromatic carbocycles. The van der Waals surface area contributed by atoms with Gasteiger partial charge in [0, 0.05) is 24.7 Å². The summed E-state index contributed by atoms with van der Waals surface area (Å²) in [6, 6.07) is 11.3. The standard InChI is InChI=1S/C17H26N2S/c1-2-14-8-10-16(11-9-14)19(13-12-17(18)20)15-6-4-3-5-7-15/h3-7,14,16H,2,8-13H2,1H3,(H2,18,20). The van der Waals surface area contributed by atoms with Crippen LogP contribution in [0.2, 0.25) is 0 Å². The third kappa shape index (κ3) is 4.20. The number of benzene rings is 1. The van der Waals surface area contributed by atoms with E-state index < -0.39 is 0 Å². The molecule has 20 heavy (non-hydrogen) atoms. The number of para-hydroxylation sites is 1. The minimum Gasteiger partial charge on any atom is -0.393 e. The Morgan fingerprint density at radius 1 is 1.20 bits per heavy atom. The van der Waals surface area contributed by atoms with Gasteiger partial charge >= 0.3 is 0 Å². The predicted molar refractivity (Wildman–Crippen MR) is 91.2 cm³/mol. The highest BCUT2D eigenvalue weighted by molar-refractivity contribution is 7.80. The van der Waals surface area contributed by atoms with E-state index in [-0.39, 0.29) is 0 Å². The Kier molecular flexibility index (Phi) is 5.84. The lowest BCUT2D eigenvalue weighted by Crippen LogP contribution is -2.40. The van der Waals surface area contributed by atoms with Gasteiger partial charge in [-0.3, -0.25) is 0 Å². The van der Waals surface area contributed by atoms with Crippen LogP contribution in [-0.4, -0.2) is 17.6 Å². The van der Waals surface area contributed by atoms with Crippen LogP contribution < -0.4 is 10.6 Å². The molecule has 0 bridgehead atoms. The third-order valence-corrected chi connectivity index (χ3v) is 4.73. The molecule has 1 fully saturated rings. The average Bonchev–Trinajstić information content (AvgIpc) is 2.49. The highest BCUT2D eigenvalue weighted by Gasteiger charge is 2.25. The first-order valence-electron chi connectivity index (χ1n) is 7.80. The zero-order valence-corrected chi connectivity index (χ0v) is 13.2. The van der Waals surface area contributed by atoms with E-state index in [9.17, 15) is 0 Å². The summed E-state index contributed by atoms with van der Waals surface area (Å²) in [6.07, 6.45) is 7.44. The van der Waals surface area contributed by atoms with Crippen molar-refractivity contribution in [1.82, 2.24) is 0 Å². The van der Waals surface area contributed by atoms with Crippen molar-refractivity contribution in [2.75, 3.05) is 11.4 Å². The Balaban J connectivity index is 2.05. The second-order valence-corrected chi connectivity index (χ2v) is 6.35. The zero-order chi connectivity index (χ0) is 14.4. The van der Waals surface area contributed by atoms with E-state index in [1.165, 1.54) is 37.8 Å². The van der Waals surface area contributed by atoms with E-state index in [0.717, 1.165) is 18.9 Å². The molecule has 3 heteroatoms. The van der Waals surface area contributed by atoms with Crippen LogP contribution in [0.5, 0.6) is 0 Å². The summed E-state index contributed by atoms with van der Waals surface area (Å²) in [6.45, 7) is 3.26.